The van der Waals surface area contributed by atoms with Crippen molar-refractivity contribution in [2.75, 3.05) is 52.2 Å². The fraction of sp³-hybridized carbons (Fsp3) is 0.588. The molecular formula is C17H23N3O4S. The number of nitrogens with zero attached hydrogens (tertiary/aromatic N) is 3. The Morgan fingerprint density at radius 1 is 1.20 bits per heavy atom. The zero-order valence-corrected chi connectivity index (χ0v) is 15.1. The molecule has 1 amide bonds. The van der Waals surface area contributed by atoms with Gasteiger partial charge >= 0.3 is 0 Å². The number of sulfonamides is 1. The molecule has 1 spiro atoms. The molecule has 0 N–H and O–H groups in total. The average molecular weight is 365 g/mol. The molecule has 0 bridgehead atoms. The van der Waals surface area contributed by atoms with Crippen molar-refractivity contribution in [2.45, 2.75) is 11.6 Å². The molecule has 1 aromatic rings. The fourth-order valence-corrected chi connectivity index (χ4v) is 5.17. The van der Waals surface area contributed by atoms with Crippen molar-refractivity contribution >= 4 is 15.9 Å². The molecule has 0 radical (unpaired) electrons. The number of carbonyl (C=O) groups is 1. The first-order valence-electron chi connectivity index (χ1n) is 8.53. The van der Waals surface area contributed by atoms with E-state index in [1.54, 1.807) is 4.31 Å². The molecule has 0 aliphatic carbocycles. The Bertz CT molecular complexity index is 761. The number of carbonyl (C=O) groups excluding carboxylic acids is 1. The van der Waals surface area contributed by atoms with Crippen LogP contribution < -0.4 is 0 Å². The van der Waals surface area contributed by atoms with Crippen molar-refractivity contribution in [3.05, 3.63) is 35.9 Å². The summed E-state index contributed by atoms with van der Waals surface area (Å²) in [6, 6.07) is 9.28. The number of hydrogen-bond acceptors (Lipinski definition) is 5. The van der Waals surface area contributed by atoms with Gasteiger partial charge in [0.25, 0.3) is 5.91 Å². The van der Waals surface area contributed by atoms with Gasteiger partial charge in [-0.2, -0.15) is 4.31 Å². The lowest BCUT2D eigenvalue weighted by Gasteiger charge is -2.62. The molecule has 0 unspecified atom stereocenters. The third kappa shape index (κ3) is 2.97. The van der Waals surface area contributed by atoms with Crippen LogP contribution in [0.15, 0.2) is 30.3 Å². The summed E-state index contributed by atoms with van der Waals surface area (Å²) in [6.45, 7) is 4.01. The first-order valence-corrected chi connectivity index (χ1v) is 10.4. The van der Waals surface area contributed by atoms with Crippen LogP contribution in [0.4, 0.5) is 0 Å². The predicted molar refractivity (Wildman–Crippen MR) is 92.8 cm³/mol. The molecule has 7 nitrogen and oxygen atoms in total. The third-order valence-corrected chi connectivity index (χ3v) is 6.69. The normalized spacial score (nSPS) is 26.9. The Balaban J connectivity index is 1.55. The van der Waals surface area contributed by atoms with Gasteiger partial charge in [-0.25, -0.2) is 8.42 Å². The molecule has 1 atom stereocenters. The molecule has 0 aromatic heterocycles. The molecule has 25 heavy (non-hydrogen) atoms. The van der Waals surface area contributed by atoms with Crippen LogP contribution in [-0.4, -0.2) is 92.2 Å². The minimum Gasteiger partial charge on any atom is -0.378 e. The summed E-state index contributed by atoms with van der Waals surface area (Å²) in [5.41, 5.74) is 0.381. The SMILES string of the molecule is CS(=O)(=O)N1C[C@@H]2COCCN2C2(CN(C(=O)c3ccccc3)C2)C1. The molecule has 0 saturated carbocycles. The third-order valence-electron chi connectivity index (χ3n) is 5.47. The van der Waals surface area contributed by atoms with E-state index in [2.05, 4.69) is 4.90 Å². The topological polar surface area (TPSA) is 70.2 Å². The zero-order chi connectivity index (χ0) is 17.7. The number of rotatable bonds is 2. The van der Waals surface area contributed by atoms with Crippen molar-refractivity contribution in [3.63, 3.8) is 0 Å². The van der Waals surface area contributed by atoms with Gasteiger partial charge in [-0.1, -0.05) is 18.2 Å². The van der Waals surface area contributed by atoms with Gasteiger partial charge in [0.05, 0.1) is 25.0 Å². The Hall–Kier alpha value is -1.48. The van der Waals surface area contributed by atoms with Crippen LogP contribution >= 0.6 is 0 Å². The molecule has 8 heteroatoms. The van der Waals surface area contributed by atoms with Crippen LogP contribution in [0.3, 0.4) is 0 Å². The smallest absolute Gasteiger partial charge is 0.253 e. The van der Waals surface area contributed by atoms with E-state index in [0.29, 0.717) is 45.0 Å². The summed E-state index contributed by atoms with van der Waals surface area (Å²) in [5.74, 6) is 0.00696. The Morgan fingerprint density at radius 3 is 2.60 bits per heavy atom. The van der Waals surface area contributed by atoms with Gasteiger partial charge in [0.2, 0.25) is 10.0 Å². The summed E-state index contributed by atoms with van der Waals surface area (Å²) >= 11 is 0. The lowest BCUT2D eigenvalue weighted by Crippen LogP contribution is -2.81. The summed E-state index contributed by atoms with van der Waals surface area (Å²) < 4.78 is 31.3. The summed E-state index contributed by atoms with van der Waals surface area (Å²) in [4.78, 5) is 16.8. The fourth-order valence-electron chi connectivity index (χ4n) is 4.25. The monoisotopic (exact) mass is 365 g/mol. The number of likely N-dealkylation sites (tertiary alicyclic amines) is 1. The highest BCUT2D eigenvalue weighted by atomic mass is 32.2. The Morgan fingerprint density at radius 2 is 1.92 bits per heavy atom. The van der Waals surface area contributed by atoms with Gasteiger partial charge in [0.15, 0.2) is 0 Å². The van der Waals surface area contributed by atoms with E-state index in [4.69, 9.17) is 4.74 Å². The van der Waals surface area contributed by atoms with Crippen LogP contribution in [-0.2, 0) is 14.8 Å². The van der Waals surface area contributed by atoms with E-state index in [-0.39, 0.29) is 17.5 Å². The quantitative estimate of drug-likeness (QED) is 0.730. The molecule has 3 fully saturated rings. The lowest BCUT2D eigenvalue weighted by molar-refractivity contribution is -0.143. The number of hydrogen-bond donors (Lipinski definition) is 0. The first-order chi connectivity index (χ1) is 11.9. The molecular weight excluding hydrogens is 342 g/mol. The van der Waals surface area contributed by atoms with Crippen molar-refractivity contribution < 1.29 is 17.9 Å². The average Bonchev–Trinajstić information content (AvgIpc) is 2.58. The number of morpholine rings is 1. The summed E-state index contributed by atoms with van der Waals surface area (Å²) in [5, 5.41) is 0. The van der Waals surface area contributed by atoms with Crippen LogP contribution in [0.25, 0.3) is 0 Å². The summed E-state index contributed by atoms with van der Waals surface area (Å²) in [6.07, 6.45) is 1.26. The van der Waals surface area contributed by atoms with Crippen LogP contribution in [0.2, 0.25) is 0 Å². The van der Waals surface area contributed by atoms with E-state index >= 15 is 0 Å². The van der Waals surface area contributed by atoms with E-state index in [9.17, 15) is 13.2 Å². The minimum atomic E-state index is -3.27. The van der Waals surface area contributed by atoms with Crippen LogP contribution in [0.1, 0.15) is 10.4 Å². The van der Waals surface area contributed by atoms with E-state index < -0.39 is 10.0 Å². The molecule has 1 aromatic carbocycles. The van der Waals surface area contributed by atoms with Gasteiger partial charge in [-0.15, -0.1) is 0 Å². The highest BCUT2D eigenvalue weighted by Crippen LogP contribution is 2.37. The zero-order valence-electron chi connectivity index (χ0n) is 14.3. The van der Waals surface area contributed by atoms with Crippen LogP contribution in [0.5, 0.6) is 0 Å². The second-order valence-corrected chi connectivity index (χ2v) is 9.21. The van der Waals surface area contributed by atoms with Crippen molar-refractivity contribution in [3.8, 4) is 0 Å². The molecule has 136 valence electrons. The molecule has 3 aliphatic heterocycles. The van der Waals surface area contributed by atoms with E-state index in [1.807, 2.05) is 35.2 Å². The lowest BCUT2D eigenvalue weighted by atomic mass is 9.83. The van der Waals surface area contributed by atoms with Gasteiger partial charge in [-0.05, 0) is 12.1 Å². The molecule has 4 rings (SSSR count). The first kappa shape index (κ1) is 17.0. The molecule has 3 aliphatic rings. The maximum atomic E-state index is 12.6. The second kappa shape index (κ2) is 6.05. The Labute approximate surface area is 148 Å². The van der Waals surface area contributed by atoms with E-state index in [1.165, 1.54) is 6.26 Å². The predicted octanol–water partition coefficient (Wildman–Crippen LogP) is -0.143. The van der Waals surface area contributed by atoms with Crippen molar-refractivity contribution in [2.24, 2.45) is 0 Å². The molecule has 3 heterocycles. The number of fused-ring (bicyclic) bond motifs is 2. The maximum Gasteiger partial charge on any atom is 0.253 e. The maximum absolute atomic E-state index is 12.6. The number of amides is 1. The highest BCUT2D eigenvalue weighted by molar-refractivity contribution is 7.88. The Kier molecular flexibility index (Phi) is 4.10. The van der Waals surface area contributed by atoms with Gasteiger partial charge in [-0.3, -0.25) is 9.69 Å². The number of ether oxygens (including phenoxy) is 1. The van der Waals surface area contributed by atoms with Crippen molar-refractivity contribution in [1.29, 1.82) is 0 Å². The van der Waals surface area contributed by atoms with E-state index in [0.717, 1.165) is 6.54 Å². The second-order valence-electron chi connectivity index (χ2n) is 7.23. The van der Waals surface area contributed by atoms with Gasteiger partial charge in [0, 0.05) is 44.3 Å². The standard InChI is InChI=1S/C17H23N3O4S/c1-25(22,23)19-9-15-10-24-8-7-20(15)17(13-19)11-18(12-17)16(21)14-5-3-2-4-6-14/h2-6,15H,7-13H2,1H3/t15-/m1/s1. The van der Waals surface area contributed by atoms with Crippen LogP contribution in [0, 0.1) is 0 Å². The number of benzene rings is 1. The van der Waals surface area contributed by atoms with Crippen molar-refractivity contribution in [1.82, 2.24) is 14.1 Å². The summed E-state index contributed by atoms with van der Waals surface area (Å²) in [7, 11) is -3.27. The van der Waals surface area contributed by atoms with Gasteiger partial charge < -0.3 is 9.64 Å². The number of piperazine rings is 1. The largest absolute Gasteiger partial charge is 0.378 e. The minimum absolute atomic E-state index is 0.00696. The highest BCUT2D eigenvalue weighted by Gasteiger charge is 2.56. The van der Waals surface area contributed by atoms with Gasteiger partial charge in [0.1, 0.15) is 0 Å². The molecule has 3 saturated heterocycles.